The summed E-state index contributed by atoms with van der Waals surface area (Å²) in [4.78, 5) is 4.87. The van der Waals surface area contributed by atoms with Gasteiger partial charge in [-0.05, 0) is 49.4 Å². The minimum absolute atomic E-state index is 0.163. The van der Waals surface area contributed by atoms with Gasteiger partial charge in [0.15, 0.2) is 0 Å². The van der Waals surface area contributed by atoms with E-state index in [1.54, 1.807) is 0 Å². The number of aryl methyl sites for hydroxylation is 1. The molecule has 0 aliphatic carbocycles. The van der Waals surface area contributed by atoms with E-state index in [1.165, 1.54) is 5.56 Å². The summed E-state index contributed by atoms with van der Waals surface area (Å²) in [6, 6.07) is 16.2. The van der Waals surface area contributed by atoms with Crippen LogP contribution >= 0.6 is 11.6 Å². The van der Waals surface area contributed by atoms with Crippen molar-refractivity contribution in [3.63, 3.8) is 0 Å². The lowest BCUT2D eigenvalue weighted by molar-refractivity contribution is 0.520. The van der Waals surface area contributed by atoms with Crippen molar-refractivity contribution in [2.24, 2.45) is 4.99 Å². The van der Waals surface area contributed by atoms with Gasteiger partial charge in [-0.3, -0.25) is 0 Å². The first-order chi connectivity index (χ1) is 12.7. The first-order valence-corrected chi connectivity index (χ1v) is 9.75. The number of nitrogens with one attached hydrogen (secondary N) is 3. The summed E-state index contributed by atoms with van der Waals surface area (Å²) in [7, 11) is 0. The zero-order chi connectivity index (χ0) is 18.4. The number of nitrogens with zero attached hydrogens (tertiary/aromatic N) is 1. The number of fused-ring (bicyclic) bond motifs is 1. The van der Waals surface area contributed by atoms with E-state index in [0.29, 0.717) is 0 Å². The number of hydrazine groups is 1. The second-order valence-corrected chi connectivity index (χ2v) is 7.05. The molecule has 26 heavy (non-hydrogen) atoms. The highest BCUT2D eigenvalue weighted by Crippen LogP contribution is 2.35. The van der Waals surface area contributed by atoms with E-state index in [-0.39, 0.29) is 5.54 Å². The third-order valence-electron chi connectivity index (χ3n) is 5.08. The first kappa shape index (κ1) is 18.7. The van der Waals surface area contributed by atoms with E-state index in [0.717, 1.165) is 54.5 Å². The fourth-order valence-electron chi connectivity index (χ4n) is 3.35. The number of amidine groups is 1. The molecule has 1 aliphatic heterocycles. The Morgan fingerprint density at radius 3 is 2.54 bits per heavy atom. The van der Waals surface area contributed by atoms with Gasteiger partial charge < -0.3 is 10.7 Å². The fourth-order valence-corrected chi connectivity index (χ4v) is 3.58. The van der Waals surface area contributed by atoms with E-state index < -0.39 is 0 Å². The molecule has 0 amide bonds. The molecule has 2 aromatic carbocycles. The number of hydrogen-bond donors (Lipinski definition) is 3. The number of rotatable bonds is 7. The molecule has 0 atom stereocenters. The van der Waals surface area contributed by atoms with Crippen LogP contribution in [-0.2, 0) is 6.42 Å². The van der Waals surface area contributed by atoms with Gasteiger partial charge in [-0.25, -0.2) is 10.4 Å². The van der Waals surface area contributed by atoms with Gasteiger partial charge in [0.1, 0.15) is 5.84 Å². The van der Waals surface area contributed by atoms with Gasteiger partial charge in [0.2, 0.25) is 0 Å². The maximum Gasteiger partial charge on any atom is 0.142 e. The SMILES string of the molecule is CCC1(CC)Nc2ccccc2N=C1NNCCCc1ccccc1Cl. The molecule has 3 N–H and O–H groups in total. The minimum atomic E-state index is -0.163. The van der Waals surface area contributed by atoms with Crippen molar-refractivity contribution in [2.45, 2.75) is 45.1 Å². The standard InChI is InChI=1S/C21H27ClN4/c1-3-21(4-2)20(24-18-13-7-8-14-19(18)25-21)26-23-15-9-11-16-10-5-6-12-17(16)22/h5-8,10,12-14,23,25H,3-4,9,11,15H2,1-2H3,(H,24,26). The number of aliphatic imine (C=N–C) groups is 1. The van der Waals surface area contributed by atoms with Crippen LogP contribution in [0.15, 0.2) is 53.5 Å². The Balaban J connectivity index is 1.60. The third-order valence-corrected chi connectivity index (χ3v) is 5.45. The second kappa shape index (κ2) is 8.56. The minimum Gasteiger partial charge on any atom is -0.371 e. The van der Waals surface area contributed by atoms with Crippen LogP contribution < -0.4 is 16.2 Å². The lowest BCUT2D eigenvalue weighted by Crippen LogP contribution is -2.56. The van der Waals surface area contributed by atoms with Crippen LogP contribution in [0.5, 0.6) is 0 Å². The molecule has 2 aromatic rings. The highest BCUT2D eigenvalue weighted by atomic mass is 35.5. The van der Waals surface area contributed by atoms with Gasteiger partial charge in [-0.2, -0.15) is 0 Å². The van der Waals surface area contributed by atoms with Gasteiger partial charge in [0.05, 0.1) is 16.9 Å². The maximum atomic E-state index is 6.22. The predicted octanol–water partition coefficient (Wildman–Crippen LogP) is 5.08. The van der Waals surface area contributed by atoms with Crippen molar-refractivity contribution in [1.29, 1.82) is 0 Å². The Labute approximate surface area is 161 Å². The van der Waals surface area contributed by atoms with Crippen LogP contribution in [0.2, 0.25) is 5.02 Å². The Morgan fingerprint density at radius 1 is 1.04 bits per heavy atom. The quantitative estimate of drug-likeness (QED) is 0.470. The largest absolute Gasteiger partial charge is 0.371 e. The molecule has 0 saturated heterocycles. The summed E-state index contributed by atoms with van der Waals surface area (Å²) in [5, 5.41) is 4.52. The van der Waals surface area contributed by atoms with Crippen LogP contribution in [0, 0.1) is 0 Å². The number of halogens is 1. The summed E-state index contributed by atoms with van der Waals surface area (Å²) in [5.41, 5.74) is 9.80. The summed E-state index contributed by atoms with van der Waals surface area (Å²) in [5.74, 6) is 0.957. The maximum absolute atomic E-state index is 6.22. The van der Waals surface area contributed by atoms with Gasteiger partial charge >= 0.3 is 0 Å². The van der Waals surface area contributed by atoms with E-state index in [9.17, 15) is 0 Å². The number of hydrogen-bond acceptors (Lipinski definition) is 4. The monoisotopic (exact) mass is 370 g/mol. The summed E-state index contributed by atoms with van der Waals surface area (Å²) in [6.45, 7) is 5.23. The molecule has 5 heteroatoms. The van der Waals surface area contributed by atoms with Crippen molar-refractivity contribution in [1.82, 2.24) is 10.9 Å². The zero-order valence-corrected chi connectivity index (χ0v) is 16.2. The Hall–Kier alpha value is -2.04. The molecule has 4 nitrogen and oxygen atoms in total. The van der Waals surface area contributed by atoms with Crippen molar-refractivity contribution in [3.8, 4) is 0 Å². The number of anilines is 1. The normalized spacial score (nSPS) is 15.0. The summed E-state index contributed by atoms with van der Waals surface area (Å²) >= 11 is 6.22. The molecule has 0 unspecified atom stereocenters. The summed E-state index contributed by atoms with van der Waals surface area (Å²) in [6.07, 6.45) is 3.88. The van der Waals surface area contributed by atoms with Crippen molar-refractivity contribution >= 4 is 28.8 Å². The molecule has 3 rings (SSSR count). The molecule has 1 aliphatic rings. The van der Waals surface area contributed by atoms with E-state index in [1.807, 2.05) is 36.4 Å². The summed E-state index contributed by atoms with van der Waals surface area (Å²) < 4.78 is 0. The zero-order valence-electron chi connectivity index (χ0n) is 15.5. The Kier molecular flexibility index (Phi) is 6.17. The van der Waals surface area contributed by atoms with Gasteiger partial charge in [0.25, 0.3) is 0 Å². The van der Waals surface area contributed by atoms with Gasteiger partial charge in [-0.1, -0.05) is 55.8 Å². The molecule has 0 bridgehead atoms. The van der Waals surface area contributed by atoms with Gasteiger partial charge in [0, 0.05) is 11.6 Å². The molecule has 0 aromatic heterocycles. The van der Waals surface area contributed by atoms with Crippen LogP contribution in [0.4, 0.5) is 11.4 Å². The molecular formula is C21H27ClN4. The topological polar surface area (TPSA) is 48.5 Å². The predicted molar refractivity (Wildman–Crippen MR) is 111 cm³/mol. The second-order valence-electron chi connectivity index (χ2n) is 6.64. The van der Waals surface area contributed by atoms with Crippen molar-refractivity contribution < 1.29 is 0 Å². The Bertz CT molecular complexity index is 768. The number of benzene rings is 2. The molecular weight excluding hydrogens is 344 g/mol. The molecule has 0 fully saturated rings. The van der Waals surface area contributed by atoms with E-state index in [2.05, 4.69) is 42.1 Å². The Morgan fingerprint density at radius 2 is 1.77 bits per heavy atom. The highest BCUT2D eigenvalue weighted by Gasteiger charge is 2.36. The lowest BCUT2D eigenvalue weighted by Gasteiger charge is -2.39. The molecule has 0 spiro atoms. The molecule has 0 saturated carbocycles. The van der Waals surface area contributed by atoms with Gasteiger partial charge in [-0.15, -0.1) is 0 Å². The average Bonchev–Trinajstić information content (AvgIpc) is 2.68. The van der Waals surface area contributed by atoms with E-state index in [4.69, 9.17) is 16.6 Å². The molecule has 0 radical (unpaired) electrons. The highest BCUT2D eigenvalue weighted by molar-refractivity contribution is 6.31. The lowest BCUT2D eigenvalue weighted by atomic mass is 9.89. The smallest absolute Gasteiger partial charge is 0.142 e. The molecule has 1 heterocycles. The van der Waals surface area contributed by atoms with E-state index >= 15 is 0 Å². The van der Waals surface area contributed by atoms with Crippen LogP contribution in [0.3, 0.4) is 0 Å². The van der Waals surface area contributed by atoms with Crippen LogP contribution in [0.25, 0.3) is 0 Å². The molecule has 138 valence electrons. The number of para-hydroxylation sites is 2. The van der Waals surface area contributed by atoms with Crippen molar-refractivity contribution in [3.05, 3.63) is 59.1 Å². The van der Waals surface area contributed by atoms with Crippen LogP contribution in [0.1, 0.15) is 38.7 Å². The van der Waals surface area contributed by atoms with Crippen molar-refractivity contribution in [2.75, 3.05) is 11.9 Å². The fraction of sp³-hybridized carbons (Fsp3) is 0.381. The first-order valence-electron chi connectivity index (χ1n) is 9.37. The van der Waals surface area contributed by atoms with Crippen LogP contribution in [-0.4, -0.2) is 17.9 Å². The average molecular weight is 371 g/mol. The third kappa shape index (κ3) is 4.02.